The molecule has 12 unspecified atom stereocenters. The van der Waals surface area contributed by atoms with E-state index >= 15 is 27.6 Å². The maximum absolute atomic E-state index is 15.8. The lowest BCUT2D eigenvalue weighted by Gasteiger charge is -2.40. The molecule has 1 aliphatic heterocycles. The molecule has 3 rings (SSSR count). The molecule has 10 amide bonds. The second kappa shape index (κ2) is 38.5. The molecule has 101 heavy (non-hydrogen) atoms. The van der Waals surface area contributed by atoms with E-state index in [0.29, 0.717) is 16.5 Å². The Kier molecular flexibility index (Phi) is 33.4. The fraction of sp³-hybridized carbons (Fsp3) is 0.689. The van der Waals surface area contributed by atoms with Gasteiger partial charge < -0.3 is 60.3 Å². The zero-order valence-corrected chi connectivity index (χ0v) is 66.0. The summed E-state index contributed by atoms with van der Waals surface area (Å²) in [5, 5.41) is 11.9. The number of hydrogen-bond acceptors (Lipinski definition) is 15. The molecule has 0 aliphatic carbocycles. The highest BCUT2D eigenvalue weighted by molar-refractivity contribution is 7.89. The van der Waals surface area contributed by atoms with Gasteiger partial charge in [0.15, 0.2) is 0 Å². The molecule has 26 nitrogen and oxygen atoms in total. The first-order valence-corrected chi connectivity index (χ1v) is 37.0. The molecule has 0 aromatic heterocycles. The Labute approximate surface area is 602 Å². The van der Waals surface area contributed by atoms with Gasteiger partial charge in [-0.2, -0.15) is 4.31 Å². The van der Waals surface area contributed by atoms with Crippen molar-refractivity contribution in [2.45, 2.75) is 228 Å². The Morgan fingerprint density at radius 2 is 1.00 bits per heavy atom. The lowest BCUT2D eigenvalue weighted by atomic mass is 9.92. The van der Waals surface area contributed by atoms with Crippen LogP contribution >= 0.6 is 0 Å². The Morgan fingerprint density at radius 1 is 0.535 bits per heavy atom. The smallest absolute Gasteiger partial charge is 0.329 e. The molecule has 2 aromatic rings. The molecule has 27 heteroatoms. The Morgan fingerprint density at radius 3 is 1.50 bits per heavy atom. The van der Waals surface area contributed by atoms with Gasteiger partial charge in [0.25, 0.3) is 0 Å². The summed E-state index contributed by atoms with van der Waals surface area (Å²) in [6, 6.07) is -3.47. The summed E-state index contributed by atoms with van der Waals surface area (Å²) in [6.45, 7) is 28.9. The number of nitrogens with one attached hydrogen (secondary N) is 4. The minimum Gasteiger partial charge on any atom is -0.458 e. The number of anilines is 1. The van der Waals surface area contributed by atoms with Crippen LogP contribution in [0.1, 0.15) is 156 Å². The molecule has 0 spiro atoms. The summed E-state index contributed by atoms with van der Waals surface area (Å²) in [6.07, 6.45) is 2.31. The number of hydrogen-bond donors (Lipinski definition) is 4. The summed E-state index contributed by atoms with van der Waals surface area (Å²) in [5.74, 6) is -11.2. The van der Waals surface area contributed by atoms with Crippen LogP contribution in [0, 0.1) is 41.4 Å². The number of ether oxygens (including phenoxy) is 1. The number of carbonyl (C=O) groups is 11. The third kappa shape index (κ3) is 22.7. The number of benzene rings is 2. The fourth-order valence-electron chi connectivity index (χ4n) is 12.8. The minimum absolute atomic E-state index is 0.0817. The van der Waals surface area contributed by atoms with E-state index in [1.165, 1.54) is 93.7 Å². The fourth-order valence-corrected chi connectivity index (χ4v) is 14.4. The van der Waals surface area contributed by atoms with E-state index < -0.39 is 166 Å². The predicted octanol–water partition coefficient (Wildman–Crippen LogP) is 5.90. The number of sulfonamides is 1. The van der Waals surface area contributed by atoms with Crippen LogP contribution in [0.25, 0.3) is 10.8 Å². The van der Waals surface area contributed by atoms with Crippen molar-refractivity contribution in [3.05, 3.63) is 48.6 Å². The summed E-state index contributed by atoms with van der Waals surface area (Å²) >= 11 is 0. The molecular formula is C74H122N12O14S. The summed E-state index contributed by atoms with van der Waals surface area (Å²) in [7, 11) is 8.42. The van der Waals surface area contributed by atoms with Crippen LogP contribution in [0.2, 0.25) is 0 Å². The van der Waals surface area contributed by atoms with Crippen molar-refractivity contribution in [1.29, 1.82) is 0 Å². The number of amides is 10. The first-order valence-electron chi connectivity index (χ1n) is 35.6. The summed E-state index contributed by atoms with van der Waals surface area (Å²) in [5.41, 5.74) is 0.697. The normalized spacial score (nSPS) is 25.2. The average Bonchev–Trinajstić information content (AvgIpc) is 0.759. The third-order valence-electron chi connectivity index (χ3n) is 18.9. The molecule has 12 atom stereocenters. The van der Waals surface area contributed by atoms with Crippen LogP contribution in [0.5, 0.6) is 0 Å². The molecular weight excluding hydrogens is 1310 g/mol. The van der Waals surface area contributed by atoms with Crippen LogP contribution in [0.4, 0.5) is 5.69 Å². The maximum atomic E-state index is 15.8. The molecule has 568 valence electrons. The maximum Gasteiger partial charge on any atom is 0.329 e. The highest BCUT2D eigenvalue weighted by Gasteiger charge is 2.48. The lowest BCUT2D eigenvalue weighted by molar-refractivity contribution is -0.168. The third-order valence-corrected chi connectivity index (χ3v) is 20.8. The molecule has 0 bridgehead atoms. The second-order valence-corrected chi connectivity index (χ2v) is 32.1. The number of esters is 1. The Balaban J connectivity index is 2.49. The van der Waals surface area contributed by atoms with Crippen molar-refractivity contribution < 1.29 is 65.9 Å². The van der Waals surface area contributed by atoms with Crippen molar-refractivity contribution >= 4 is 91.5 Å². The van der Waals surface area contributed by atoms with Gasteiger partial charge in [-0.05, 0) is 113 Å². The number of cyclic esters (lactones) is 1. The molecule has 2 aromatic carbocycles. The minimum atomic E-state index is -4.81. The molecule has 0 saturated carbocycles. The molecule has 1 fully saturated rings. The van der Waals surface area contributed by atoms with Gasteiger partial charge in [-0.3, -0.25) is 47.9 Å². The predicted molar refractivity (Wildman–Crippen MR) is 393 cm³/mol. The molecule has 1 saturated heterocycles. The zero-order valence-electron chi connectivity index (χ0n) is 65.2. The van der Waals surface area contributed by atoms with E-state index in [2.05, 4.69) is 21.3 Å². The van der Waals surface area contributed by atoms with Gasteiger partial charge in [-0.15, -0.1) is 0 Å². The van der Waals surface area contributed by atoms with E-state index in [-0.39, 0.29) is 67.1 Å². The molecule has 0 radical (unpaired) electrons. The topological polar surface area (TPSA) is 305 Å². The molecule has 1 heterocycles. The van der Waals surface area contributed by atoms with Crippen molar-refractivity contribution in [3.8, 4) is 0 Å². The number of allylic oxidation sites excluding steroid dienone is 2. The van der Waals surface area contributed by atoms with Crippen LogP contribution in [-0.2, 0) is 67.5 Å². The highest BCUT2D eigenvalue weighted by Crippen LogP contribution is 2.34. The highest BCUT2D eigenvalue weighted by atomic mass is 32.2. The Hall–Kier alpha value is -7.68. The van der Waals surface area contributed by atoms with Crippen LogP contribution in [0.15, 0.2) is 53.4 Å². The first-order chi connectivity index (χ1) is 46.8. The van der Waals surface area contributed by atoms with Crippen LogP contribution in [-0.4, -0.2) is 244 Å². The van der Waals surface area contributed by atoms with Gasteiger partial charge in [0.2, 0.25) is 69.1 Å². The number of rotatable bonds is 18. The second-order valence-electron chi connectivity index (χ2n) is 30.1. The Bertz CT molecular complexity index is 3370. The standard InChI is InChI=1S/C74H122N12O14S/c1-27-29-32-48(15)64-63(86(26)101(98,99)59-36-31-33-51-52(59)34-30-35-54(51)79(18)19)68(91)77-53(28-2)70(93)80(20)41-60(87)81(21)55(37-42(3)4)67(90)78-61(46(11)12)73(96)82(22)56(38-43(5)6)66(89)75-49(16)65(88)76-50(17)69(92)83(23)57(39-44(7)8)71(94)84(24)58(40-45(9)10)72(95)85(25)62(47(13)14)74(97)100-64/h27,29-31,33-36,42-50,53,55-58,61-64H,28,32,37-41H2,1-26H3,(H,75,89)(H,76,88)(H,77,91)(H,78,90). The van der Waals surface area contributed by atoms with Gasteiger partial charge >= 0.3 is 5.97 Å². The van der Waals surface area contributed by atoms with Gasteiger partial charge in [-0.1, -0.05) is 133 Å². The summed E-state index contributed by atoms with van der Waals surface area (Å²) < 4.78 is 38.8. The number of likely N-dealkylation sites (N-methyl/N-ethyl adjacent to an activating group) is 7. The SMILES string of the molecule is CC=CCC(C)C1OC(=O)C(C(C)C)N(C)C(=O)C(CC(C)C)N(C)C(=O)C(CC(C)C)N(C)C(=O)C(C)NC(=O)C(C)NC(=O)C(CC(C)C)N(C)C(=O)C(C(C)C)NC(=O)C(CC(C)C)N(C)C(=O)CN(C)C(=O)C(CC)NC(=O)C1N(C)S(=O)(=O)c1cccc2c(N(C)C)cccc12. The van der Waals surface area contributed by atoms with E-state index in [1.807, 2.05) is 80.5 Å². The average molecular weight is 1440 g/mol. The number of carbonyl (C=O) groups excluding carboxylic acids is 11. The number of fused-ring (bicyclic) bond motifs is 1. The van der Waals surface area contributed by atoms with Crippen molar-refractivity contribution in [2.75, 3.05) is 74.9 Å². The van der Waals surface area contributed by atoms with Crippen molar-refractivity contribution in [2.24, 2.45) is 41.4 Å². The van der Waals surface area contributed by atoms with Gasteiger partial charge in [0.1, 0.15) is 66.5 Å². The van der Waals surface area contributed by atoms with Crippen LogP contribution in [0.3, 0.4) is 0 Å². The van der Waals surface area contributed by atoms with Crippen LogP contribution < -0.4 is 26.2 Å². The number of nitrogens with zero attached hydrogens (tertiary/aromatic N) is 8. The van der Waals surface area contributed by atoms with E-state index in [0.717, 1.165) is 9.21 Å². The van der Waals surface area contributed by atoms with E-state index in [9.17, 15) is 33.6 Å². The zero-order chi connectivity index (χ0) is 77.3. The molecule has 1 aliphatic rings. The van der Waals surface area contributed by atoms with Gasteiger partial charge in [0, 0.05) is 79.9 Å². The first kappa shape index (κ1) is 87.5. The van der Waals surface area contributed by atoms with Gasteiger partial charge in [0.05, 0.1) is 11.4 Å². The summed E-state index contributed by atoms with van der Waals surface area (Å²) in [4.78, 5) is 173. The lowest BCUT2D eigenvalue weighted by Crippen LogP contribution is -2.62. The van der Waals surface area contributed by atoms with E-state index in [4.69, 9.17) is 4.74 Å². The molecule has 4 N–H and O–H groups in total. The quantitative estimate of drug-likeness (QED) is 0.0997. The largest absolute Gasteiger partial charge is 0.458 e. The van der Waals surface area contributed by atoms with E-state index in [1.54, 1.807) is 84.9 Å². The van der Waals surface area contributed by atoms with Crippen molar-refractivity contribution in [3.63, 3.8) is 0 Å². The van der Waals surface area contributed by atoms with Gasteiger partial charge in [-0.25, -0.2) is 13.2 Å². The van der Waals surface area contributed by atoms with Crippen molar-refractivity contribution in [1.82, 2.24) is 55.0 Å². The monoisotopic (exact) mass is 1430 g/mol.